The number of rotatable bonds is 6. The van der Waals surface area contributed by atoms with Crippen molar-refractivity contribution in [3.05, 3.63) is 65.5 Å². The zero-order chi connectivity index (χ0) is 22.8. The number of furan rings is 1. The fourth-order valence-electron chi connectivity index (χ4n) is 3.40. The van der Waals surface area contributed by atoms with Crippen LogP contribution in [0.1, 0.15) is 41.4 Å². The van der Waals surface area contributed by atoms with Crippen LogP contribution >= 0.6 is 0 Å². The van der Waals surface area contributed by atoms with Gasteiger partial charge >= 0.3 is 5.97 Å². The lowest BCUT2D eigenvalue weighted by molar-refractivity contribution is -0.119. The Hall–Kier alpha value is -3.94. The van der Waals surface area contributed by atoms with Gasteiger partial charge in [0.2, 0.25) is 0 Å². The summed E-state index contributed by atoms with van der Waals surface area (Å²) in [5, 5.41) is 7.70. The Morgan fingerprint density at radius 1 is 1.19 bits per heavy atom. The van der Waals surface area contributed by atoms with Gasteiger partial charge in [-0.05, 0) is 63.1 Å². The van der Waals surface area contributed by atoms with Crippen molar-refractivity contribution >= 4 is 28.6 Å². The van der Waals surface area contributed by atoms with Crippen LogP contribution < -0.4 is 5.32 Å². The molecule has 0 fully saturated rings. The number of esters is 1. The molecule has 3 heterocycles. The molecule has 4 rings (SSSR count). The minimum atomic E-state index is -0.635. The van der Waals surface area contributed by atoms with Gasteiger partial charge in [0.15, 0.2) is 18.0 Å². The minimum absolute atomic E-state index is 0.0408. The fourth-order valence-corrected chi connectivity index (χ4v) is 3.40. The number of carbonyl (C=O) groups is 2. The molecule has 0 spiro atoms. The second-order valence-corrected chi connectivity index (χ2v) is 7.82. The van der Waals surface area contributed by atoms with E-state index in [2.05, 4.69) is 15.4 Å². The number of ether oxygens (including phenoxy) is 1. The summed E-state index contributed by atoms with van der Waals surface area (Å²) in [7, 11) is 0. The third-order valence-electron chi connectivity index (χ3n) is 5.26. The predicted molar refractivity (Wildman–Crippen MR) is 120 cm³/mol. The van der Waals surface area contributed by atoms with Gasteiger partial charge in [0.05, 0.1) is 23.4 Å². The number of fused-ring (bicyclic) bond motifs is 1. The van der Waals surface area contributed by atoms with Crippen LogP contribution in [0.5, 0.6) is 0 Å². The van der Waals surface area contributed by atoms with Gasteiger partial charge < -0.3 is 14.5 Å². The largest absolute Gasteiger partial charge is 0.463 e. The molecule has 164 valence electrons. The summed E-state index contributed by atoms with van der Waals surface area (Å²) in [5.74, 6) is -0.531. The molecule has 1 aromatic carbocycles. The van der Waals surface area contributed by atoms with Crippen LogP contribution in [-0.2, 0) is 9.53 Å². The zero-order valence-electron chi connectivity index (χ0n) is 18.4. The molecule has 1 amide bonds. The topological polar surface area (TPSA) is 99.2 Å². The minimum Gasteiger partial charge on any atom is -0.463 e. The van der Waals surface area contributed by atoms with Crippen molar-refractivity contribution in [3.63, 3.8) is 0 Å². The SMILES string of the molecule is Cc1cccc(NC(=O)COC(=O)c2cc(-c3ccco3)nc3c2cnn3C(C)C)c1C. The average Bonchev–Trinajstić information content (AvgIpc) is 3.44. The summed E-state index contributed by atoms with van der Waals surface area (Å²) < 4.78 is 12.5. The van der Waals surface area contributed by atoms with E-state index >= 15 is 0 Å². The van der Waals surface area contributed by atoms with Crippen LogP contribution in [0.2, 0.25) is 0 Å². The van der Waals surface area contributed by atoms with E-state index in [1.54, 1.807) is 29.1 Å². The molecule has 0 aliphatic heterocycles. The number of hydrogen-bond acceptors (Lipinski definition) is 6. The molecule has 0 bridgehead atoms. The van der Waals surface area contributed by atoms with Crippen LogP contribution in [0.4, 0.5) is 5.69 Å². The number of nitrogens with zero attached hydrogens (tertiary/aromatic N) is 3. The van der Waals surface area contributed by atoms with Gasteiger partial charge in [-0.15, -0.1) is 0 Å². The van der Waals surface area contributed by atoms with Crippen LogP contribution in [0.3, 0.4) is 0 Å². The fraction of sp³-hybridized carbons (Fsp3) is 0.250. The predicted octanol–water partition coefficient (Wildman–Crippen LogP) is 4.68. The van der Waals surface area contributed by atoms with Gasteiger partial charge in [-0.25, -0.2) is 14.5 Å². The number of amides is 1. The van der Waals surface area contributed by atoms with Gasteiger partial charge in [0, 0.05) is 11.7 Å². The van der Waals surface area contributed by atoms with Gasteiger partial charge in [-0.2, -0.15) is 5.10 Å². The standard InChI is InChI=1S/C24H24N4O4/c1-14(2)28-23-18(12-25-28)17(11-20(27-23)21-9-6-10-31-21)24(30)32-13-22(29)26-19-8-5-7-15(3)16(19)4/h5-12,14H,13H2,1-4H3,(H,26,29). The lowest BCUT2D eigenvalue weighted by Gasteiger charge is -2.11. The Morgan fingerprint density at radius 2 is 2.00 bits per heavy atom. The molecule has 1 N–H and O–H groups in total. The van der Waals surface area contributed by atoms with Crippen molar-refractivity contribution in [1.29, 1.82) is 0 Å². The number of aryl methyl sites for hydroxylation is 1. The number of pyridine rings is 1. The highest BCUT2D eigenvalue weighted by Crippen LogP contribution is 2.27. The number of anilines is 1. The Kier molecular flexibility index (Phi) is 5.77. The molecule has 8 nitrogen and oxygen atoms in total. The Bertz CT molecular complexity index is 1290. The first-order valence-electron chi connectivity index (χ1n) is 10.3. The van der Waals surface area contributed by atoms with Gasteiger partial charge in [0.1, 0.15) is 5.69 Å². The Labute approximate surface area is 185 Å². The van der Waals surface area contributed by atoms with E-state index in [1.165, 1.54) is 6.26 Å². The molecular formula is C24H24N4O4. The zero-order valence-corrected chi connectivity index (χ0v) is 18.4. The molecule has 0 atom stereocenters. The molecule has 0 radical (unpaired) electrons. The normalized spacial score (nSPS) is 11.2. The lowest BCUT2D eigenvalue weighted by atomic mass is 10.1. The van der Waals surface area contributed by atoms with Crippen molar-refractivity contribution in [2.24, 2.45) is 0 Å². The Balaban J connectivity index is 1.59. The summed E-state index contributed by atoms with van der Waals surface area (Å²) in [6, 6.07) is 10.8. The first-order chi connectivity index (χ1) is 15.3. The summed E-state index contributed by atoms with van der Waals surface area (Å²) in [4.78, 5) is 30.0. The van der Waals surface area contributed by atoms with E-state index in [4.69, 9.17) is 9.15 Å². The number of carbonyl (C=O) groups excluding carboxylic acids is 2. The van der Waals surface area contributed by atoms with Crippen molar-refractivity contribution in [1.82, 2.24) is 14.8 Å². The molecule has 32 heavy (non-hydrogen) atoms. The van der Waals surface area contributed by atoms with Gasteiger partial charge in [-0.3, -0.25) is 4.79 Å². The molecule has 8 heteroatoms. The van der Waals surface area contributed by atoms with Crippen molar-refractivity contribution in [3.8, 4) is 11.5 Å². The molecule has 0 unspecified atom stereocenters. The molecule has 0 aliphatic rings. The lowest BCUT2D eigenvalue weighted by Crippen LogP contribution is -2.21. The number of nitrogens with one attached hydrogen (secondary N) is 1. The van der Waals surface area contributed by atoms with E-state index in [0.717, 1.165) is 11.1 Å². The van der Waals surface area contributed by atoms with E-state index in [0.29, 0.717) is 28.2 Å². The van der Waals surface area contributed by atoms with E-state index in [-0.39, 0.29) is 11.6 Å². The van der Waals surface area contributed by atoms with Crippen molar-refractivity contribution in [2.75, 3.05) is 11.9 Å². The summed E-state index contributed by atoms with van der Waals surface area (Å²) >= 11 is 0. The smallest absolute Gasteiger partial charge is 0.339 e. The van der Waals surface area contributed by atoms with Crippen LogP contribution in [-0.4, -0.2) is 33.2 Å². The highest BCUT2D eigenvalue weighted by Gasteiger charge is 2.21. The molecular weight excluding hydrogens is 408 g/mol. The number of aromatic nitrogens is 3. The molecule has 0 saturated carbocycles. The maximum atomic E-state index is 12.9. The molecule has 3 aromatic heterocycles. The number of hydrogen-bond donors (Lipinski definition) is 1. The van der Waals surface area contributed by atoms with Crippen molar-refractivity contribution < 1.29 is 18.7 Å². The number of benzene rings is 1. The van der Waals surface area contributed by atoms with E-state index in [9.17, 15) is 9.59 Å². The van der Waals surface area contributed by atoms with Crippen molar-refractivity contribution in [2.45, 2.75) is 33.7 Å². The highest BCUT2D eigenvalue weighted by atomic mass is 16.5. The average molecular weight is 432 g/mol. The van der Waals surface area contributed by atoms with E-state index in [1.807, 2.05) is 45.9 Å². The van der Waals surface area contributed by atoms with Gasteiger partial charge in [0.25, 0.3) is 5.91 Å². The maximum absolute atomic E-state index is 12.9. The third-order valence-corrected chi connectivity index (χ3v) is 5.26. The quantitative estimate of drug-likeness (QED) is 0.444. The summed E-state index contributed by atoms with van der Waals surface area (Å²) in [6.07, 6.45) is 3.12. The Morgan fingerprint density at radius 3 is 2.72 bits per heavy atom. The summed E-state index contributed by atoms with van der Waals surface area (Å²) in [5.41, 5.74) is 4.01. The summed E-state index contributed by atoms with van der Waals surface area (Å²) in [6.45, 7) is 7.43. The maximum Gasteiger partial charge on any atom is 0.339 e. The second kappa shape index (κ2) is 8.66. The highest BCUT2D eigenvalue weighted by molar-refractivity contribution is 6.04. The first-order valence-corrected chi connectivity index (χ1v) is 10.3. The molecule has 4 aromatic rings. The second-order valence-electron chi connectivity index (χ2n) is 7.82. The monoisotopic (exact) mass is 432 g/mol. The van der Waals surface area contributed by atoms with Gasteiger partial charge in [-0.1, -0.05) is 12.1 Å². The van der Waals surface area contributed by atoms with Crippen LogP contribution in [0.15, 0.2) is 53.3 Å². The van der Waals surface area contributed by atoms with E-state index < -0.39 is 18.5 Å². The first kappa shape index (κ1) is 21.3. The molecule has 0 saturated heterocycles. The van der Waals surface area contributed by atoms with Crippen LogP contribution in [0.25, 0.3) is 22.5 Å². The third kappa shape index (κ3) is 4.12. The van der Waals surface area contributed by atoms with Crippen LogP contribution in [0, 0.1) is 13.8 Å². The molecule has 0 aliphatic carbocycles.